The highest BCUT2D eigenvalue weighted by Crippen LogP contribution is 2.26. The lowest BCUT2D eigenvalue weighted by Gasteiger charge is -2.20. The third-order valence-corrected chi connectivity index (χ3v) is 4.37. The molecule has 2 atom stereocenters. The molecule has 0 saturated carbocycles. The summed E-state index contributed by atoms with van der Waals surface area (Å²) in [6.45, 7) is 5.37. The van der Waals surface area contributed by atoms with Crippen LogP contribution in [-0.2, 0) is 4.79 Å². The van der Waals surface area contributed by atoms with Crippen molar-refractivity contribution in [3.05, 3.63) is 69.2 Å². The van der Waals surface area contributed by atoms with E-state index in [2.05, 4.69) is 10.6 Å². The van der Waals surface area contributed by atoms with Crippen molar-refractivity contribution in [1.82, 2.24) is 10.6 Å². The van der Waals surface area contributed by atoms with Crippen LogP contribution >= 0.6 is 23.2 Å². The molecule has 0 radical (unpaired) electrons. The van der Waals surface area contributed by atoms with Crippen LogP contribution < -0.4 is 10.6 Å². The second-order valence-electron chi connectivity index (χ2n) is 5.96. The second-order valence-corrected chi connectivity index (χ2v) is 6.80. The molecule has 2 N–H and O–H groups in total. The van der Waals surface area contributed by atoms with E-state index in [1.807, 2.05) is 19.9 Å². The largest absolute Gasteiger partial charge is 0.348 e. The molecule has 0 unspecified atom stereocenters. The number of amides is 2. The highest BCUT2D eigenvalue weighted by atomic mass is 35.5. The lowest BCUT2D eigenvalue weighted by Crippen LogP contribution is -2.45. The van der Waals surface area contributed by atoms with Crippen molar-refractivity contribution in [2.45, 2.75) is 32.9 Å². The number of nitrogens with one attached hydrogen (secondary N) is 2. The van der Waals surface area contributed by atoms with Gasteiger partial charge in [-0.25, -0.2) is 0 Å². The third kappa shape index (κ3) is 5.21. The zero-order valence-electron chi connectivity index (χ0n) is 14.3. The summed E-state index contributed by atoms with van der Waals surface area (Å²) in [7, 11) is 0. The predicted octanol–water partition coefficient (Wildman–Crippen LogP) is 4.30. The zero-order valence-corrected chi connectivity index (χ0v) is 15.8. The van der Waals surface area contributed by atoms with Gasteiger partial charge < -0.3 is 10.6 Å². The van der Waals surface area contributed by atoms with Crippen molar-refractivity contribution in [2.75, 3.05) is 0 Å². The van der Waals surface area contributed by atoms with Gasteiger partial charge in [0.25, 0.3) is 5.91 Å². The minimum atomic E-state index is -0.679. The molecule has 0 aromatic heterocycles. The zero-order chi connectivity index (χ0) is 18.6. The summed E-state index contributed by atoms with van der Waals surface area (Å²) in [5.41, 5.74) is 2.26. The fraction of sp³-hybridized carbons (Fsp3) is 0.263. The van der Waals surface area contributed by atoms with E-state index in [9.17, 15) is 9.59 Å². The van der Waals surface area contributed by atoms with E-state index >= 15 is 0 Å². The van der Waals surface area contributed by atoms with E-state index in [0.29, 0.717) is 15.6 Å². The molecule has 2 aromatic carbocycles. The standard InChI is InChI=1S/C19H20Cl2N2O2/c1-11-5-4-6-14(9-11)19(25)23-13(3)18(24)22-12(2)16-8-7-15(20)10-17(16)21/h4-10,12-13H,1-3H3,(H,22,24)(H,23,25)/t12-,13+/m1/s1. The van der Waals surface area contributed by atoms with Gasteiger partial charge in [-0.05, 0) is 50.6 Å². The topological polar surface area (TPSA) is 58.2 Å². The van der Waals surface area contributed by atoms with Crippen LogP contribution in [0.5, 0.6) is 0 Å². The van der Waals surface area contributed by atoms with Gasteiger partial charge in [-0.15, -0.1) is 0 Å². The van der Waals surface area contributed by atoms with E-state index in [0.717, 1.165) is 11.1 Å². The Kier molecular flexibility index (Phi) is 6.45. The predicted molar refractivity (Wildman–Crippen MR) is 101 cm³/mol. The lowest BCUT2D eigenvalue weighted by atomic mass is 10.1. The normalized spacial score (nSPS) is 13.0. The average molecular weight is 379 g/mol. The Balaban J connectivity index is 1.98. The third-order valence-electron chi connectivity index (χ3n) is 3.81. The first kappa shape index (κ1) is 19.3. The Morgan fingerprint density at radius 3 is 2.36 bits per heavy atom. The minimum Gasteiger partial charge on any atom is -0.348 e. The quantitative estimate of drug-likeness (QED) is 0.814. The van der Waals surface area contributed by atoms with Crippen LogP contribution in [0.1, 0.15) is 41.4 Å². The molecule has 25 heavy (non-hydrogen) atoms. The van der Waals surface area contributed by atoms with E-state index in [-0.39, 0.29) is 17.9 Å². The molecule has 4 nitrogen and oxygen atoms in total. The Bertz CT molecular complexity index is 793. The molecule has 2 amide bonds. The van der Waals surface area contributed by atoms with Crippen LogP contribution in [0.2, 0.25) is 10.0 Å². The number of aryl methyl sites for hydroxylation is 1. The van der Waals surface area contributed by atoms with Gasteiger partial charge in [0.1, 0.15) is 6.04 Å². The molecule has 132 valence electrons. The maximum Gasteiger partial charge on any atom is 0.251 e. The molecule has 6 heteroatoms. The van der Waals surface area contributed by atoms with Crippen LogP contribution in [0.3, 0.4) is 0 Å². The molecule has 0 spiro atoms. The maximum absolute atomic E-state index is 12.3. The van der Waals surface area contributed by atoms with Crippen molar-refractivity contribution in [3.63, 3.8) is 0 Å². The molecular formula is C19H20Cl2N2O2. The van der Waals surface area contributed by atoms with Gasteiger partial charge >= 0.3 is 0 Å². The first-order valence-corrected chi connectivity index (χ1v) is 8.66. The van der Waals surface area contributed by atoms with Crippen molar-refractivity contribution in [3.8, 4) is 0 Å². The van der Waals surface area contributed by atoms with Crippen molar-refractivity contribution < 1.29 is 9.59 Å². The minimum absolute atomic E-state index is 0.288. The number of hydrogen-bond acceptors (Lipinski definition) is 2. The van der Waals surface area contributed by atoms with Gasteiger partial charge in [0.2, 0.25) is 5.91 Å². The molecule has 2 aromatic rings. The number of carbonyl (C=O) groups excluding carboxylic acids is 2. The van der Waals surface area contributed by atoms with Crippen LogP contribution in [0.4, 0.5) is 0 Å². The van der Waals surface area contributed by atoms with Crippen molar-refractivity contribution in [2.24, 2.45) is 0 Å². The molecular weight excluding hydrogens is 359 g/mol. The van der Waals surface area contributed by atoms with E-state index in [4.69, 9.17) is 23.2 Å². The van der Waals surface area contributed by atoms with Gasteiger partial charge in [-0.2, -0.15) is 0 Å². The maximum atomic E-state index is 12.3. The Hall–Kier alpha value is -2.04. The van der Waals surface area contributed by atoms with Crippen LogP contribution in [-0.4, -0.2) is 17.9 Å². The highest BCUT2D eigenvalue weighted by molar-refractivity contribution is 6.35. The lowest BCUT2D eigenvalue weighted by molar-refractivity contribution is -0.123. The molecule has 2 rings (SSSR count). The number of carbonyl (C=O) groups is 2. The molecule has 0 aliphatic carbocycles. The molecule has 0 fully saturated rings. The Morgan fingerprint density at radius 2 is 1.72 bits per heavy atom. The smallest absolute Gasteiger partial charge is 0.251 e. The second kappa shape index (κ2) is 8.37. The van der Waals surface area contributed by atoms with Gasteiger partial charge in [0, 0.05) is 15.6 Å². The SMILES string of the molecule is Cc1cccc(C(=O)N[C@@H](C)C(=O)N[C@H](C)c2ccc(Cl)cc2Cl)c1. The summed E-state index contributed by atoms with van der Waals surface area (Å²) in [6, 6.07) is 11.3. The van der Waals surface area contributed by atoms with Gasteiger partial charge in [-0.1, -0.05) is 47.0 Å². The molecule has 0 aliphatic heterocycles. The van der Waals surface area contributed by atoms with E-state index in [1.54, 1.807) is 43.3 Å². The fourth-order valence-electron chi connectivity index (χ4n) is 2.40. The monoisotopic (exact) mass is 378 g/mol. The average Bonchev–Trinajstić information content (AvgIpc) is 2.54. The number of hydrogen-bond donors (Lipinski definition) is 2. The van der Waals surface area contributed by atoms with Crippen LogP contribution in [0, 0.1) is 6.92 Å². The number of halogens is 2. The van der Waals surface area contributed by atoms with Gasteiger partial charge in [0.15, 0.2) is 0 Å². The Labute approximate surface area is 157 Å². The fourth-order valence-corrected chi connectivity index (χ4v) is 2.97. The highest BCUT2D eigenvalue weighted by Gasteiger charge is 2.20. The van der Waals surface area contributed by atoms with Crippen LogP contribution in [0.15, 0.2) is 42.5 Å². The van der Waals surface area contributed by atoms with Gasteiger partial charge in [-0.3, -0.25) is 9.59 Å². The Morgan fingerprint density at radius 1 is 1.00 bits per heavy atom. The first-order valence-electron chi connectivity index (χ1n) is 7.91. The number of rotatable bonds is 5. The van der Waals surface area contributed by atoms with E-state index < -0.39 is 6.04 Å². The summed E-state index contributed by atoms with van der Waals surface area (Å²) >= 11 is 12.0. The summed E-state index contributed by atoms with van der Waals surface area (Å²) < 4.78 is 0. The molecule has 0 saturated heterocycles. The summed E-state index contributed by atoms with van der Waals surface area (Å²) in [5, 5.41) is 6.56. The summed E-state index contributed by atoms with van der Waals surface area (Å²) in [4.78, 5) is 24.6. The van der Waals surface area contributed by atoms with Crippen molar-refractivity contribution >= 4 is 35.0 Å². The summed E-state index contributed by atoms with van der Waals surface area (Å²) in [5.74, 6) is -0.581. The molecule has 0 bridgehead atoms. The van der Waals surface area contributed by atoms with Gasteiger partial charge in [0.05, 0.1) is 6.04 Å². The van der Waals surface area contributed by atoms with Crippen molar-refractivity contribution in [1.29, 1.82) is 0 Å². The van der Waals surface area contributed by atoms with Crippen LogP contribution in [0.25, 0.3) is 0 Å². The molecule has 0 aliphatic rings. The first-order chi connectivity index (χ1) is 11.8. The number of benzene rings is 2. The summed E-state index contributed by atoms with van der Waals surface area (Å²) in [6.07, 6.45) is 0. The molecule has 0 heterocycles. The van der Waals surface area contributed by atoms with E-state index in [1.165, 1.54) is 0 Å².